The molecular weight excluding hydrogens is 216 g/mol. The van der Waals surface area contributed by atoms with E-state index in [9.17, 15) is 0 Å². The fraction of sp³-hybridized carbons (Fsp3) is 0.0833. The summed E-state index contributed by atoms with van der Waals surface area (Å²) in [6, 6.07) is 9.34. The van der Waals surface area contributed by atoms with E-state index in [0.29, 0.717) is 11.1 Å². The Hall–Kier alpha value is -2.61. The second-order valence-electron chi connectivity index (χ2n) is 3.36. The molecule has 0 saturated heterocycles. The molecule has 2 N–H and O–H groups in total. The molecule has 0 atom stereocenters. The van der Waals surface area contributed by atoms with Gasteiger partial charge in [0.25, 0.3) is 0 Å². The largest absolute Gasteiger partial charge is 0.497 e. The smallest absolute Gasteiger partial charge is 0.164 e. The molecule has 0 aliphatic carbocycles. The first kappa shape index (κ1) is 10.9. The van der Waals surface area contributed by atoms with Crippen LogP contribution in [-0.4, -0.2) is 17.3 Å². The van der Waals surface area contributed by atoms with Crippen molar-refractivity contribution in [1.82, 2.24) is 10.2 Å². The fourth-order valence-corrected chi connectivity index (χ4v) is 1.51. The highest BCUT2D eigenvalue weighted by Crippen LogP contribution is 2.26. The summed E-state index contributed by atoms with van der Waals surface area (Å²) in [5, 5.41) is 16.4. The van der Waals surface area contributed by atoms with E-state index in [0.717, 1.165) is 11.3 Å². The van der Waals surface area contributed by atoms with Crippen LogP contribution in [0.15, 0.2) is 30.5 Å². The van der Waals surface area contributed by atoms with Crippen molar-refractivity contribution >= 4 is 5.82 Å². The van der Waals surface area contributed by atoms with Crippen LogP contribution in [0.2, 0.25) is 0 Å². The number of nitriles is 1. The first-order chi connectivity index (χ1) is 8.26. The van der Waals surface area contributed by atoms with Crippen LogP contribution in [0.5, 0.6) is 5.75 Å². The molecule has 84 valence electrons. The van der Waals surface area contributed by atoms with E-state index in [1.165, 1.54) is 6.20 Å². The van der Waals surface area contributed by atoms with Gasteiger partial charge < -0.3 is 10.5 Å². The van der Waals surface area contributed by atoms with Crippen LogP contribution < -0.4 is 10.5 Å². The minimum Gasteiger partial charge on any atom is -0.497 e. The summed E-state index contributed by atoms with van der Waals surface area (Å²) >= 11 is 0. The molecule has 0 amide bonds. The van der Waals surface area contributed by atoms with Gasteiger partial charge >= 0.3 is 0 Å². The highest BCUT2D eigenvalue weighted by molar-refractivity contribution is 5.74. The minimum atomic E-state index is 0.140. The first-order valence-corrected chi connectivity index (χ1v) is 4.92. The molecule has 5 heteroatoms. The van der Waals surface area contributed by atoms with Crippen molar-refractivity contribution < 1.29 is 4.74 Å². The molecule has 0 radical (unpaired) electrons. The second kappa shape index (κ2) is 4.49. The number of rotatable bonds is 2. The summed E-state index contributed by atoms with van der Waals surface area (Å²) in [4.78, 5) is 0. The number of hydrogen-bond donors (Lipinski definition) is 1. The number of anilines is 1. The second-order valence-corrected chi connectivity index (χ2v) is 3.36. The van der Waals surface area contributed by atoms with Crippen molar-refractivity contribution in [3.8, 4) is 22.9 Å². The highest BCUT2D eigenvalue weighted by Gasteiger charge is 2.09. The van der Waals surface area contributed by atoms with Crippen molar-refractivity contribution in [3.05, 3.63) is 36.0 Å². The van der Waals surface area contributed by atoms with Gasteiger partial charge in [-0.2, -0.15) is 10.4 Å². The number of methoxy groups -OCH3 is 1. The molecule has 0 saturated carbocycles. The summed E-state index contributed by atoms with van der Waals surface area (Å²) in [5.74, 6) is 0.892. The van der Waals surface area contributed by atoms with Gasteiger partial charge in [0.2, 0.25) is 0 Å². The number of hydrogen-bond acceptors (Lipinski definition) is 5. The lowest BCUT2D eigenvalue weighted by atomic mass is 10.0. The Balaban J connectivity index is 2.53. The lowest BCUT2D eigenvalue weighted by Gasteiger charge is -2.05. The Morgan fingerprint density at radius 3 is 2.59 bits per heavy atom. The summed E-state index contributed by atoms with van der Waals surface area (Å²) in [7, 11) is 1.60. The van der Waals surface area contributed by atoms with E-state index in [4.69, 9.17) is 15.7 Å². The van der Waals surface area contributed by atoms with E-state index >= 15 is 0 Å². The number of nitrogens with zero attached hydrogens (tertiary/aromatic N) is 3. The third-order valence-electron chi connectivity index (χ3n) is 2.39. The summed E-state index contributed by atoms with van der Waals surface area (Å²) in [6.45, 7) is 0. The fourth-order valence-electron chi connectivity index (χ4n) is 1.51. The van der Waals surface area contributed by atoms with Gasteiger partial charge in [-0.1, -0.05) is 12.1 Å². The zero-order valence-corrected chi connectivity index (χ0v) is 9.21. The van der Waals surface area contributed by atoms with E-state index in [1.807, 2.05) is 30.3 Å². The zero-order valence-electron chi connectivity index (χ0n) is 9.21. The SMILES string of the molecule is COc1ccc(-c2cnnc(N)c2C#N)cc1. The molecule has 0 spiro atoms. The van der Waals surface area contributed by atoms with Gasteiger partial charge in [-0.3, -0.25) is 0 Å². The Labute approximate surface area is 98.5 Å². The van der Waals surface area contributed by atoms with Crippen LogP contribution in [0.3, 0.4) is 0 Å². The lowest BCUT2D eigenvalue weighted by Crippen LogP contribution is -1.99. The van der Waals surface area contributed by atoms with E-state index < -0.39 is 0 Å². The van der Waals surface area contributed by atoms with Crippen LogP contribution in [0, 0.1) is 11.3 Å². The molecular formula is C12H10N4O. The zero-order chi connectivity index (χ0) is 12.3. The third kappa shape index (κ3) is 2.01. The molecule has 1 heterocycles. The molecule has 2 aromatic rings. The summed E-state index contributed by atoms with van der Waals surface area (Å²) in [5.41, 5.74) is 7.46. The standard InChI is InChI=1S/C12H10N4O/c1-17-9-4-2-8(3-5-9)11-7-15-16-12(14)10(11)6-13/h2-5,7H,1H3,(H2,14,16). The normalized spacial score (nSPS) is 9.65. The van der Waals surface area contributed by atoms with Crippen molar-refractivity contribution in [1.29, 1.82) is 5.26 Å². The molecule has 1 aromatic heterocycles. The van der Waals surface area contributed by atoms with E-state index in [2.05, 4.69) is 10.2 Å². The average Bonchev–Trinajstić information content (AvgIpc) is 2.38. The highest BCUT2D eigenvalue weighted by atomic mass is 16.5. The summed E-state index contributed by atoms with van der Waals surface area (Å²) < 4.78 is 5.07. The van der Waals surface area contributed by atoms with Gasteiger partial charge in [0.05, 0.1) is 13.3 Å². The minimum absolute atomic E-state index is 0.140. The topological polar surface area (TPSA) is 84.8 Å². The van der Waals surface area contributed by atoms with Gasteiger partial charge in [0.1, 0.15) is 17.4 Å². The molecule has 0 bridgehead atoms. The van der Waals surface area contributed by atoms with Crippen LogP contribution in [0.4, 0.5) is 5.82 Å². The van der Waals surface area contributed by atoms with Crippen LogP contribution in [0.25, 0.3) is 11.1 Å². The first-order valence-electron chi connectivity index (χ1n) is 4.92. The molecule has 0 fully saturated rings. The van der Waals surface area contributed by atoms with Crippen LogP contribution >= 0.6 is 0 Å². The lowest BCUT2D eigenvalue weighted by molar-refractivity contribution is 0.415. The van der Waals surface area contributed by atoms with Crippen molar-refractivity contribution in [3.63, 3.8) is 0 Å². The number of nitrogen functional groups attached to an aromatic ring is 1. The van der Waals surface area contributed by atoms with Gasteiger partial charge in [-0.25, -0.2) is 0 Å². The average molecular weight is 226 g/mol. The molecule has 0 aliphatic heterocycles. The van der Waals surface area contributed by atoms with E-state index in [1.54, 1.807) is 7.11 Å². The Morgan fingerprint density at radius 1 is 1.29 bits per heavy atom. The monoisotopic (exact) mass is 226 g/mol. The molecule has 17 heavy (non-hydrogen) atoms. The van der Waals surface area contributed by atoms with Gasteiger partial charge in [0, 0.05) is 5.56 Å². The summed E-state index contributed by atoms with van der Waals surface area (Å²) in [6.07, 6.45) is 1.52. The van der Waals surface area contributed by atoms with Crippen LogP contribution in [-0.2, 0) is 0 Å². The predicted octanol–water partition coefficient (Wildman–Crippen LogP) is 1.61. The Morgan fingerprint density at radius 2 is 2.00 bits per heavy atom. The third-order valence-corrected chi connectivity index (χ3v) is 2.39. The quantitative estimate of drug-likeness (QED) is 0.840. The molecule has 0 aliphatic rings. The maximum absolute atomic E-state index is 9.04. The van der Waals surface area contributed by atoms with Gasteiger partial charge in [-0.15, -0.1) is 5.10 Å². The number of benzene rings is 1. The van der Waals surface area contributed by atoms with Crippen molar-refractivity contribution in [2.75, 3.05) is 12.8 Å². The van der Waals surface area contributed by atoms with Crippen molar-refractivity contribution in [2.24, 2.45) is 0 Å². The number of nitrogens with two attached hydrogens (primary N) is 1. The number of ether oxygens (including phenoxy) is 1. The molecule has 1 aromatic carbocycles. The Kier molecular flexibility index (Phi) is 2.88. The van der Waals surface area contributed by atoms with Gasteiger partial charge in [0.15, 0.2) is 5.82 Å². The molecule has 0 unspecified atom stereocenters. The predicted molar refractivity (Wildman–Crippen MR) is 63.1 cm³/mol. The maximum Gasteiger partial charge on any atom is 0.164 e. The number of aromatic nitrogens is 2. The molecule has 2 rings (SSSR count). The van der Waals surface area contributed by atoms with Crippen LogP contribution in [0.1, 0.15) is 5.56 Å². The molecule has 5 nitrogen and oxygen atoms in total. The maximum atomic E-state index is 9.04. The van der Waals surface area contributed by atoms with Crippen molar-refractivity contribution in [2.45, 2.75) is 0 Å². The van der Waals surface area contributed by atoms with E-state index in [-0.39, 0.29) is 5.82 Å². The Bertz CT molecular complexity index is 572. The van der Waals surface area contributed by atoms with Gasteiger partial charge in [-0.05, 0) is 17.7 Å².